The van der Waals surface area contributed by atoms with E-state index in [2.05, 4.69) is 33.9 Å². The van der Waals surface area contributed by atoms with E-state index in [4.69, 9.17) is 4.74 Å². The number of anilines is 1. The normalized spacial score (nSPS) is 20.0. The summed E-state index contributed by atoms with van der Waals surface area (Å²) in [5.41, 5.74) is 6.30. The Morgan fingerprint density at radius 1 is 1.39 bits per heavy atom. The first-order valence-electron chi connectivity index (χ1n) is 7.99. The lowest BCUT2D eigenvalue weighted by atomic mass is 9.95. The zero-order valence-corrected chi connectivity index (χ0v) is 14.2. The summed E-state index contributed by atoms with van der Waals surface area (Å²) >= 11 is 0. The Kier molecular flexibility index (Phi) is 4.90. The Bertz CT molecular complexity index is 679. The van der Waals surface area contributed by atoms with E-state index in [9.17, 15) is 0 Å². The number of hydrogen-bond acceptors (Lipinski definition) is 4. The van der Waals surface area contributed by atoms with Gasteiger partial charge in [-0.3, -0.25) is 0 Å². The van der Waals surface area contributed by atoms with Crippen LogP contribution in [-0.4, -0.2) is 35.4 Å². The third-order valence-electron chi connectivity index (χ3n) is 4.51. The molecule has 2 aliphatic heterocycles. The Hall–Kier alpha value is -1.56. The van der Waals surface area contributed by atoms with E-state index in [0.29, 0.717) is 6.04 Å². The molecule has 0 bridgehead atoms. The lowest BCUT2D eigenvalue weighted by Gasteiger charge is -2.24. The highest BCUT2D eigenvalue weighted by Crippen LogP contribution is 2.31. The molecule has 5 nitrogen and oxygen atoms in total. The van der Waals surface area contributed by atoms with Crippen molar-refractivity contribution in [2.75, 3.05) is 25.1 Å². The van der Waals surface area contributed by atoms with Gasteiger partial charge in [-0.1, -0.05) is 0 Å². The van der Waals surface area contributed by atoms with Gasteiger partial charge in [0, 0.05) is 37.6 Å². The average Bonchev–Trinajstić information content (AvgIpc) is 3.19. The van der Waals surface area contributed by atoms with Gasteiger partial charge < -0.3 is 19.9 Å². The fourth-order valence-electron chi connectivity index (χ4n) is 3.31. The third kappa shape index (κ3) is 3.37. The number of aryl methyl sites for hydroxylation is 1. The Morgan fingerprint density at radius 2 is 2.30 bits per heavy atom. The summed E-state index contributed by atoms with van der Waals surface area (Å²) in [6, 6.07) is 4.96. The number of aromatic nitrogens is 2. The van der Waals surface area contributed by atoms with Crippen LogP contribution < -0.4 is 10.6 Å². The van der Waals surface area contributed by atoms with Crippen LogP contribution in [0.3, 0.4) is 0 Å². The predicted molar refractivity (Wildman–Crippen MR) is 94.1 cm³/mol. The topological polar surface area (TPSA) is 51.1 Å². The van der Waals surface area contributed by atoms with Crippen molar-refractivity contribution in [3.8, 4) is 11.3 Å². The van der Waals surface area contributed by atoms with Crippen molar-refractivity contribution in [1.29, 1.82) is 0 Å². The molecule has 2 N–H and O–H groups in total. The van der Waals surface area contributed by atoms with Crippen LogP contribution in [0.4, 0.5) is 5.69 Å². The number of ether oxygens (including phenoxy) is 1. The van der Waals surface area contributed by atoms with Crippen LogP contribution in [0.2, 0.25) is 0 Å². The van der Waals surface area contributed by atoms with Crippen LogP contribution in [0.15, 0.2) is 24.7 Å². The number of rotatable bonds is 3. The first kappa shape index (κ1) is 16.3. The number of nitrogens with zero attached hydrogens (tertiary/aromatic N) is 2. The maximum Gasteiger partial charge on any atom is 0.0951 e. The quantitative estimate of drug-likeness (QED) is 0.904. The summed E-state index contributed by atoms with van der Waals surface area (Å²) in [5.74, 6) is 0. The van der Waals surface area contributed by atoms with Gasteiger partial charge in [-0.25, -0.2) is 4.98 Å². The highest BCUT2D eigenvalue weighted by atomic mass is 35.5. The van der Waals surface area contributed by atoms with Crippen LogP contribution in [-0.2, 0) is 24.8 Å². The van der Waals surface area contributed by atoms with Crippen molar-refractivity contribution < 1.29 is 4.74 Å². The molecule has 2 aromatic rings. The zero-order chi connectivity index (χ0) is 14.9. The second kappa shape index (κ2) is 6.91. The van der Waals surface area contributed by atoms with E-state index in [0.717, 1.165) is 44.8 Å². The van der Waals surface area contributed by atoms with Gasteiger partial charge in [-0.15, -0.1) is 12.4 Å². The molecule has 0 radical (unpaired) electrons. The molecule has 1 fully saturated rings. The van der Waals surface area contributed by atoms with Gasteiger partial charge in [0.15, 0.2) is 0 Å². The van der Waals surface area contributed by atoms with E-state index in [1.807, 2.05) is 17.9 Å². The molecule has 0 amide bonds. The SMILES string of the molecule is Cl.Cn1cnc(-c2cc3c(c(N[C@H]4CCOC4)c2)CNCC3)c1. The summed E-state index contributed by atoms with van der Waals surface area (Å²) in [6.07, 6.45) is 6.08. The molecule has 23 heavy (non-hydrogen) atoms. The minimum Gasteiger partial charge on any atom is -0.380 e. The molecule has 2 aliphatic rings. The zero-order valence-electron chi connectivity index (χ0n) is 13.3. The van der Waals surface area contributed by atoms with E-state index < -0.39 is 0 Å². The summed E-state index contributed by atoms with van der Waals surface area (Å²) in [4.78, 5) is 4.50. The lowest BCUT2D eigenvalue weighted by Crippen LogP contribution is -2.27. The third-order valence-corrected chi connectivity index (χ3v) is 4.51. The Morgan fingerprint density at radius 3 is 3.04 bits per heavy atom. The van der Waals surface area contributed by atoms with E-state index in [1.165, 1.54) is 22.4 Å². The largest absolute Gasteiger partial charge is 0.380 e. The maximum atomic E-state index is 5.50. The fourth-order valence-corrected chi connectivity index (χ4v) is 3.31. The molecular weight excluding hydrogens is 312 g/mol. The molecule has 1 aromatic carbocycles. The van der Waals surface area contributed by atoms with Gasteiger partial charge in [-0.05, 0) is 42.6 Å². The van der Waals surface area contributed by atoms with Crippen molar-refractivity contribution in [3.63, 3.8) is 0 Å². The number of nitrogens with one attached hydrogen (secondary N) is 2. The van der Waals surface area contributed by atoms with Gasteiger partial charge in [0.25, 0.3) is 0 Å². The number of imidazole rings is 1. The number of hydrogen-bond donors (Lipinski definition) is 2. The fraction of sp³-hybridized carbons (Fsp3) is 0.471. The van der Waals surface area contributed by atoms with Crippen LogP contribution in [0, 0.1) is 0 Å². The number of halogens is 1. The minimum atomic E-state index is 0. The molecule has 0 saturated carbocycles. The van der Waals surface area contributed by atoms with Gasteiger partial charge >= 0.3 is 0 Å². The highest BCUT2D eigenvalue weighted by molar-refractivity contribution is 5.85. The number of benzene rings is 1. The molecule has 1 saturated heterocycles. The van der Waals surface area contributed by atoms with E-state index in [-0.39, 0.29) is 12.4 Å². The summed E-state index contributed by atoms with van der Waals surface area (Å²) in [6.45, 7) is 3.65. The second-order valence-electron chi connectivity index (χ2n) is 6.22. The van der Waals surface area contributed by atoms with Gasteiger partial charge in [0.05, 0.1) is 24.7 Å². The van der Waals surface area contributed by atoms with Gasteiger partial charge in [-0.2, -0.15) is 0 Å². The van der Waals surface area contributed by atoms with Crippen LogP contribution in [0.5, 0.6) is 0 Å². The van der Waals surface area contributed by atoms with E-state index >= 15 is 0 Å². The Labute approximate surface area is 142 Å². The van der Waals surface area contributed by atoms with Crippen LogP contribution in [0.25, 0.3) is 11.3 Å². The second-order valence-corrected chi connectivity index (χ2v) is 6.22. The summed E-state index contributed by atoms with van der Waals surface area (Å²) in [7, 11) is 2.01. The molecule has 1 atom stereocenters. The smallest absolute Gasteiger partial charge is 0.0951 e. The molecule has 3 heterocycles. The lowest BCUT2D eigenvalue weighted by molar-refractivity contribution is 0.195. The molecule has 4 rings (SSSR count). The molecule has 0 spiro atoms. The summed E-state index contributed by atoms with van der Waals surface area (Å²) < 4.78 is 7.49. The van der Waals surface area contributed by atoms with Crippen molar-refractivity contribution in [1.82, 2.24) is 14.9 Å². The first-order chi connectivity index (χ1) is 10.8. The maximum absolute atomic E-state index is 5.50. The number of fused-ring (bicyclic) bond motifs is 1. The van der Waals surface area contributed by atoms with Crippen molar-refractivity contribution in [2.45, 2.75) is 25.4 Å². The molecule has 124 valence electrons. The summed E-state index contributed by atoms with van der Waals surface area (Å²) in [5, 5.41) is 7.16. The monoisotopic (exact) mass is 334 g/mol. The molecular formula is C17H23ClN4O. The van der Waals surface area contributed by atoms with Gasteiger partial charge in [0.1, 0.15) is 0 Å². The molecule has 1 aromatic heterocycles. The van der Waals surface area contributed by atoms with Crippen molar-refractivity contribution in [3.05, 3.63) is 35.8 Å². The molecule has 6 heteroatoms. The van der Waals surface area contributed by atoms with Crippen LogP contribution in [0.1, 0.15) is 17.5 Å². The Balaban J connectivity index is 0.00000156. The first-order valence-corrected chi connectivity index (χ1v) is 7.99. The molecule has 0 aliphatic carbocycles. The average molecular weight is 335 g/mol. The van der Waals surface area contributed by atoms with Crippen molar-refractivity contribution >= 4 is 18.1 Å². The van der Waals surface area contributed by atoms with Crippen LogP contribution >= 0.6 is 12.4 Å². The standard InChI is InChI=1S/C17H22N4O.ClH/c1-21-9-17(19-11-21)13-6-12-2-4-18-8-15(12)16(7-13)20-14-3-5-22-10-14;/h6-7,9,11,14,18,20H,2-5,8,10H2,1H3;1H/t14-;/m0./s1. The van der Waals surface area contributed by atoms with Crippen molar-refractivity contribution in [2.24, 2.45) is 7.05 Å². The van der Waals surface area contributed by atoms with E-state index in [1.54, 1.807) is 0 Å². The minimum absolute atomic E-state index is 0. The molecule has 0 unspecified atom stereocenters. The highest BCUT2D eigenvalue weighted by Gasteiger charge is 2.20. The van der Waals surface area contributed by atoms with Gasteiger partial charge in [0.2, 0.25) is 0 Å². The predicted octanol–water partition coefficient (Wildman–Crippen LogP) is 2.36.